The fourth-order valence-electron chi connectivity index (χ4n) is 2.73. The third kappa shape index (κ3) is 3.12. The Morgan fingerprint density at radius 3 is 2.91 bits per heavy atom. The molecule has 1 aliphatic rings. The van der Waals surface area contributed by atoms with Gasteiger partial charge in [0.05, 0.1) is 12.7 Å². The third-order valence-electron chi connectivity index (χ3n) is 3.87. The SMILES string of the molecule is COc1cc(Br)cc(C=Nc2sc3c(c2C#N)CCCC3)c1O. The summed E-state index contributed by atoms with van der Waals surface area (Å²) in [5.74, 6) is 0.422. The Hall–Kier alpha value is -1.84. The molecule has 0 aliphatic heterocycles. The van der Waals surface area contributed by atoms with Crippen molar-refractivity contribution in [3.63, 3.8) is 0 Å². The van der Waals surface area contributed by atoms with E-state index >= 15 is 0 Å². The number of rotatable bonds is 3. The number of ether oxygens (including phenoxy) is 1. The molecule has 3 rings (SSSR count). The van der Waals surface area contributed by atoms with E-state index in [0.717, 1.165) is 34.3 Å². The Morgan fingerprint density at radius 1 is 1.39 bits per heavy atom. The topological polar surface area (TPSA) is 65.6 Å². The molecule has 0 spiro atoms. The van der Waals surface area contributed by atoms with Crippen molar-refractivity contribution >= 4 is 38.5 Å². The summed E-state index contributed by atoms with van der Waals surface area (Å²) in [6.45, 7) is 0. The molecule has 4 nitrogen and oxygen atoms in total. The molecular weight excluding hydrogens is 376 g/mol. The highest BCUT2D eigenvalue weighted by Gasteiger charge is 2.20. The summed E-state index contributed by atoms with van der Waals surface area (Å²) in [4.78, 5) is 5.74. The van der Waals surface area contributed by atoms with Crippen molar-refractivity contribution in [2.75, 3.05) is 7.11 Å². The van der Waals surface area contributed by atoms with Gasteiger partial charge in [-0.15, -0.1) is 11.3 Å². The van der Waals surface area contributed by atoms with Gasteiger partial charge in [-0.2, -0.15) is 5.26 Å². The molecule has 0 unspecified atom stereocenters. The Labute approximate surface area is 147 Å². The van der Waals surface area contributed by atoms with E-state index in [0.29, 0.717) is 16.9 Å². The number of phenolic OH excluding ortho intramolecular Hbond substituents is 1. The van der Waals surface area contributed by atoms with Crippen LogP contribution in [0.2, 0.25) is 0 Å². The maximum absolute atomic E-state index is 10.2. The molecule has 0 radical (unpaired) electrons. The van der Waals surface area contributed by atoms with Gasteiger partial charge < -0.3 is 9.84 Å². The number of fused-ring (bicyclic) bond motifs is 1. The van der Waals surface area contributed by atoms with Gasteiger partial charge in [-0.1, -0.05) is 15.9 Å². The zero-order valence-corrected chi connectivity index (χ0v) is 15.0. The van der Waals surface area contributed by atoms with Crippen LogP contribution in [0.3, 0.4) is 0 Å². The fraction of sp³-hybridized carbons (Fsp3) is 0.294. The molecule has 0 amide bonds. The molecule has 1 N–H and O–H groups in total. The van der Waals surface area contributed by atoms with Crippen LogP contribution in [-0.4, -0.2) is 18.4 Å². The smallest absolute Gasteiger partial charge is 0.166 e. The number of phenols is 1. The van der Waals surface area contributed by atoms with E-state index in [1.165, 1.54) is 18.4 Å². The standard InChI is InChI=1S/C17H15BrN2O2S/c1-22-14-7-11(18)6-10(16(14)21)9-20-17-13(8-19)12-4-2-3-5-15(12)23-17/h6-7,9,21H,2-5H2,1H3. The van der Waals surface area contributed by atoms with Crippen LogP contribution in [0, 0.1) is 11.3 Å². The minimum absolute atomic E-state index is 0.0410. The van der Waals surface area contributed by atoms with Crippen molar-refractivity contribution in [2.24, 2.45) is 4.99 Å². The van der Waals surface area contributed by atoms with Crippen LogP contribution in [-0.2, 0) is 12.8 Å². The van der Waals surface area contributed by atoms with Gasteiger partial charge in [0.15, 0.2) is 11.5 Å². The van der Waals surface area contributed by atoms with Gasteiger partial charge in [0.1, 0.15) is 11.1 Å². The lowest BCUT2D eigenvalue weighted by atomic mass is 9.96. The molecule has 1 aromatic carbocycles. The number of hydrogen-bond donors (Lipinski definition) is 1. The number of halogens is 1. The first kappa shape index (κ1) is 16.0. The Kier molecular flexibility index (Phi) is 4.69. The molecule has 1 aromatic heterocycles. The van der Waals surface area contributed by atoms with Crippen molar-refractivity contribution in [1.29, 1.82) is 5.26 Å². The second-order valence-corrected chi connectivity index (χ2v) is 7.31. The molecule has 0 atom stereocenters. The molecular formula is C17H15BrN2O2S. The lowest BCUT2D eigenvalue weighted by molar-refractivity contribution is 0.373. The van der Waals surface area contributed by atoms with Crippen LogP contribution in [0.1, 0.15) is 34.4 Å². The third-order valence-corrected chi connectivity index (χ3v) is 5.53. The lowest BCUT2D eigenvalue weighted by Crippen LogP contribution is -1.99. The molecule has 0 saturated heterocycles. The normalized spacial score (nSPS) is 13.8. The van der Waals surface area contributed by atoms with Gasteiger partial charge in [0.25, 0.3) is 0 Å². The Morgan fingerprint density at radius 2 is 2.17 bits per heavy atom. The number of nitrogens with zero attached hydrogens (tertiary/aromatic N) is 2. The summed E-state index contributed by atoms with van der Waals surface area (Å²) in [5, 5.41) is 20.3. The number of thiophene rings is 1. The van der Waals surface area contributed by atoms with Crippen molar-refractivity contribution < 1.29 is 9.84 Å². The first-order valence-electron chi connectivity index (χ1n) is 7.29. The highest BCUT2D eigenvalue weighted by atomic mass is 79.9. The summed E-state index contributed by atoms with van der Waals surface area (Å²) in [6.07, 6.45) is 5.87. The average molecular weight is 391 g/mol. The molecule has 0 bridgehead atoms. The minimum Gasteiger partial charge on any atom is -0.504 e. The van der Waals surface area contributed by atoms with E-state index in [2.05, 4.69) is 27.0 Å². The summed E-state index contributed by atoms with van der Waals surface area (Å²) in [7, 11) is 1.50. The number of aliphatic imine (C=N–C) groups is 1. The molecule has 118 valence electrons. The molecule has 0 saturated carbocycles. The maximum Gasteiger partial charge on any atom is 0.166 e. The molecule has 1 heterocycles. The van der Waals surface area contributed by atoms with E-state index in [9.17, 15) is 10.4 Å². The van der Waals surface area contributed by atoms with Gasteiger partial charge in [0.2, 0.25) is 0 Å². The summed E-state index contributed by atoms with van der Waals surface area (Å²) in [6, 6.07) is 5.75. The van der Waals surface area contributed by atoms with Crippen molar-refractivity contribution in [1.82, 2.24) is 0 Å². The number of aryl methyl sites for hydroxylation is 1. The Bertz CT molecular complexity index is 821. The van der Waals surface area contributed by atoms with E-state index in [1.54, 1.807) is 29.7 Å². The molecule has 1 aliphatic carbocycles. The minimum atomic E-state index is 0.0410. The number of methoxy groups -OCH3 is 1. The van der Waals surface area contributed by atoms with Gasteiger partial charge in [-0.05, 0) is 43.4 Å². The van der Waals surface area contributed by atoms with Crippen LogP contribution < -0.4 is 4.74 Å². The highest BCUT2D eigenvalue weighted by Crippen LogP contribution is 2.40. The van der Waals surface area contributed by atoms with Gasteiger partial charge >= 0.3 is 0 Å². The predicted octanol–water partition coefficient (Wildman–Crippen LogP) is 4.73. The number of aromatic hydroxyl groups is 1. The molecule has 2 aromatic rings. The van der Waals surface area contributed by atoms with Gasteiger partial charge in [-0.25, -0.2) is 4.99 Å². The van der Waals surface area contributed by atoms with Crippen molar-refractivity contribution in [3.05, 3.63) is 38.2 Å². The highest BCUT2D eigenvalue weighted by molar-refractivity contribution is 9.10. The van der Waals surface area contributed by atoms with Crippen LogP contribution in [0.4, 0.5) is 5.00 Å². The molecule has 23 heavy (non-hydrogen) atoms. The van der Waals surface area contributed by atoms with Crippen molar-refractivity contribution in [3.8, 4) is 17.6 Å². The van der Waals surface area contributed by atoms with E-state index in [-0.39, 0.29) is 5.75 Å². The quantitative estimate of drug-likeness (QED) is 0.770. The first-order valence-corrected chi connectivity index (χ1v) is 8.90. The van der Waals surface area contributed by atoms with Crippen LogP contribution in [0.5, 0.6) is 11.5 Å². The fourth-order valence-corrected chi connectivity index (χ4v) is 4.37. The Balaban J connectivity index is 2.00. The lowest BCUT2D eigenvalue weighted by Gasteiger charge is -2.09. The van der Waals surface area contributed by atoms with E-state index < -0.39 is 0 Å². The van der Waals surface area contributed by atoms with E-state index in [1.807, 2.05) is 0 Å². The summed E-state index contributed by atoms with van der Waals surface area (Å²) in [5.41, 5.74) is 2.39. The largest absolute Gasteiger partial charge is 0.504 e. The van der Waals surface area contributed by atoms with Crippen LogP contribution in [0.15, 0.2) is 21.6 Å². The van der Waals surface area contributed by atoms with Crippen LogP contribution >= 0.6 is 27.3 Å². The second-order valence-electron chi connectivity index (χ2n) is 5.31. The predicted molar refractivity (Wildman–Crippen MR) is 95.3 cm³/mol. The van der Waals surface area contributed by atoms with Gasteiger partial charge in [0, 0.05) is 21.1 Å². The molecule has 6 heteroatoms. The van der Waals surface area contributed by atoms with Crippen molar-refractivity contribution in [2.45, 2.75) is 25.7 Å². The average Bonchev–Trinajstić information content (AvgIpc) is 2.92. The first-order chi connectivity index (χ1) is 11.1. The number of benzene rings is 1. The second kappa shape index (κ2) is 6.73. The maximum atomic E-state index is 10.2. The van der Waals surface area contributed by atoms with Crippen LogP contribution in [0.25, 0.3) is 0 Å². The summed E-state index contributed by atoms with van der Waals surface area (Å²) >= 11 is 4.97. The van der Waals surface area contributed by atoms with E-state index in [4.69, 9.17) is 4.74 Å². The number of nitriles is 1. The van der Waals surface area contributed by atoms with Gasteiger partial charge in [-0.3, -0.25) is 0 Å². The molecule has 0 fully saturated rings. The zero-order valence-electron chi connectivity index (χ0n) is 12.6. The summed E-state index contributed by atoms with van der Waals surface area (Å²) < 4.78 is 5.93. The monoisotopic (exact) mass is 390 g/mol. The number of hydrogen-bond acceptors (Lipinski definition) is 5. The zero-order chi connectivity index (χ0) is 16.4.